The molecule has 2 rings (SSSR count). The maximum Gasteiger partial charge on any atom is 0.228 e. The Bertz CT molecular complexity index is 582. The molecule has 2 heterocycles. The number of anilines is 1. The van der Waals surface area contributed by atoms with Crippen LogP contribution in [0.25, 0.3) is 0 Å². The standard InChI is InChI=1S/C12H15N5OS/c1-7-5-8(2)17-12(10(7)11(13)19)14-4-3-9-15-6-16-18-9/h5-6H,3-4H2,1-2H3,(H2,13,19)(H,14,17). The third kappa shape index (κ3) is 3.25. The minimum absolute atomic E-state index is 0.338. The van der Waals surface area contributed by atoms with Crippen LogP contribution in [0.3, 0.4) is 0 Å². The summed E-state index contributed by atoms with van der Waals surface area (Å²) in [6, 6.07) is 1.96. The van der Waals surface area contributed by atoms with Crippen LogP contribution in [0.15, 0.2) is 16.9 Å². The fourth-order valence-corrected chi connectivity index (χ4v) is 2.13. The molecular formula is C12H15N5OS. The summed E-state index contributed by atoms with van der Waals surface area (Å²) in [5.41, 5.74) is 8.45. The molecule has 19 heavy (non-hydrogen) atoms. The van der Waals surface area contributed by atoms with Gasteiger partial charge < -0.3 is 15.6 Å². The largest absolute Gasteiger partial charge is 0.389 e. The van der Waals surface area contributed by atoms with Gasteiger partial charge in [-0.2, -0.15) is 4.98 Å². The highest BCUT2D eigenvalue weighted by Crippen LogP contribution is 2.18. The van der Waals surface area contributed by atoms with Crippen LogP contribution in [0, 0.1) is 13.8 Å². The predicted octanol–water partition coefficient (Wildman–Crippen LogP) is 1.37. The number of hydrogen-bond acceptors (Lipinski definition) is 6. The zero-order valence-electron chi connectivity index (χ0n) is 10.8. The number of thiocarbonyl (C=S) groups is 1. The highest BCUT2D eigenvalue weighted by molar-refractivity contribution is 7.80. The first kappa shape index (κ1) is 13.4. The topological polar surface area (TPSA) is 89.9 Å². The zero-order valence-corrected chi connectivity index (χ0v) is 11.6. The molecule has 0 aliphatic heterocycles. The SMILES string of the molecule is Cc1cc(C)c(C(N)=S)c(NCCc2ncno2)n1. The Kier molecular flexibility index (Phi) is 4.06. The fourth-order valence-electron chi connectivity index (χ4n) is 1.87. The Hall–Kier alpha value is -2.02. The van der Waals surface area contributed by atoms with Crippen LogP contribution in [0.1, 0.15) is 22.7 Å². The van der Waals surface area contributed by atoms with Crippen LogP contribution in [0.4, 0.5) is 5.82 Å². The molecule has 0 radical (unpaired) electrons. The van der Waals surface area contributed by atoms with Crippen LogP contribution in [0.5, 0.6) is 0 Å². The van der Waals surface area contributed by atoms with E-state index in [4.69, 9.17) is 22.5 Å². The van der Waals surface area contributed by atoms with E-state index in [9.17, 15) is 0 Å². The third-order valence-electron chi connectivity index (χ3n) is 2.63. The van der Waals surface area contributed by atoms with Crippen molar-refractivity contribution in [3.63, 3.8) is 0 Å². The second kappa shape index (κ2) is 5.75. The summed E-state index contributed by atoms with van der Waals surface area (Å²) >= 11 is 5.07. The lowest BCUT2D eigenvalue weighted by Crippen LogP contribution is -2.18. The summed E-state index contributed by atoms with van der Waals surface area (Å²) in [5, 5.41) is 6.76. The van der Waals surface area contributed by atoms with E-state index in [0.717, 1.165) is 16.8 Å². The van der Waals surface area contributed by atoms with Gasteiger partial charge in [0.25, 0.3) is 0 Å². The lowest BCUT2D eigenvalue weighted by Gasteiger charge is -2.13. The highest BCUT2D eigenvalue weighted by atomic mass is 32.1. The summed E-state index contributed by atoms with van der Waals surface area (Å²) in [6.45, 7) is 4.51. The van der Waals surface area contributed by atoms with Crippen LogP contribution < -0.4 is 11.1 Å². The molecule has 0 saturated carbocycles. The monoisotopic (exact) mass is 277 g/mol. The molecule has 0 aliphatic carbocycles. The van der Waals surface area contributed by atoms with Crippen molar-refractivity contribution in [2.24, 2.45) is 5.73 Å². The molecule has 0 saturated heterocycles. The molecule has 0 unspecified atom stereocenters. The van der Waals surface area contributed by atoms with E-state index in [1.54, 1.807) is 0 Å². The number of aryl methyl sites for hydroxylation is 2. The molecule has 0 bridgehead atoms. The quantitative estimate of drug-likeness (QED) is 0.798. The Morgan fingerprint density at radius 3 is 2.89 bits per heavy atom. The zero-order chi connectivity index (χ0) is 13.8. The number of nitrogens with two attached hydrogens (primary N) is 1. The number of pyridine rings is 1. The first-order valence-corrected chi connectivity index (χ1v) is 6.26. The van der Waals surface area contributed by atoms with Gasteiger partial charge in [0.05, 0.1) is 5.56 Å². The number of nitrogens with zero attached hydrogens (tertiary/aromatic N) is 3. The number of nitrogens with one attached hydrogen (secondary N) is 1. The second-order valence-electron chi connectivity index (χ2n) is 4.18. The number of hydrogen-bond donors (Lipinski definition) is 2. The maximum absolute atomic E-state index is 5.74. The van der Waals surface area contributed by atoms with Crippen molar-refractivity contribution in [1.29, 1.82) is 0 Å². The predicted molar refractivity (Wildman–Crippen MR) is 76.1 cm³/mol. The average molecular weight is 277 g/mol. The van der Waals surface area contributed by atoms with Crippen LogP contribution in [-0.2, 0) is 6.42 Å². The van der Waals surface area contributed by atoms with Gasteiger partial charge in [-0.05, 0) is 25.5 Å². The molecule has 0 atom stereocenters. The van der Waals surface area contributed by atoms with Gasteiger partial charge in [0.2, 0.25) is 5.89 Å². The highest BCUT2D eigenvalue weighted by Gasteiger charge is 2.11. The van der Waals surface area contributed by atoms with E-state index in [0.29, 0.717) is 29.7 Å². The van der Waals surface area contributed by atoms with Gasteiger partial charge in [-0.25, -0.2) is 4.98 Å². The van der Waals surface area contributed by atoms with Gasteiger partial charge in [0, 0.05) is 18.7 Å². The van der Waals surface area contributed by atoms with E-state index in [2.05, 4.69) is 20.4 Å². The van der Waals surface area contributed by atoms with Crippen molar-refractivity contribution in [2.45, 2.75) is 20.3 Å². The molecule has 2 aromatic heterocycles. The molecule has 0 amide bonds. The number of rotatable bonds is 5. The van der Waals surface area contributed by atoms with E-state index >= 15 is 0 Å². The Morgan fingerprint density at radius 2 is 2.26 bits per heavy atom. The van der Waals surface area contributed by atoms with E-state index in [1.807, 2.05) is 19.9 Å². The van der Waals surface area contributed by atoms with Crippen molar-refractivity contribution in [2.75, 3.05) is 11.9 Å². The Balaban J connectivity index is 2.12. The minimum atomic E-state index is 0.338. The molecular weight excluding hydrogens is 262 g/mol. The van der Waals surface area contributed by atoms with Crippen LogP contribution >= 0.6 is 12.2 Å². The Labute approximate surface area is 116 Å². The summed E-state index contributed by atoms with van der Waals surface area (Å²) in [4.78, 5) is 8.72. The molecule has 0 fully saturated rings. The summed E-state index contributed by atoms with van der Waals surface area (Å²) in [5.74, 6) is 1.28. The lowest BCUT2D eigenvalue weighted by molar-refractivity contribution is 0.379. The first-order chi connectivity index (χ1) is 9.08. The maximum atomic E-state index is 5.74. The van der Waals surface area contributed by atoms with E-state index in [1.165, 1.54) is 6.33 Å². The molecule has 100 valence electrons. The van der Waals surface area contributed by atoms with Crippen LogP contribution in [0.2, 0.25) is 0 Å². The van der Waals surface area contributed by atoms with Crippen molar-refractivity contribution in [3.05, 3.63) is 35.1 Å². The molecule has 0 aromatic carbocycles. The minimum Gasteiger partial charge on any atom is -0.389 e. The van der Waals surface area contributed by atoms with Gasteiger partial charge in [-0.3, -0.25) is 0 Å². The van der Waals surface area contributed by atoms with Crippen molar-refractivity contribution in [1.82, 2.24) is 15.1 Å². The van der Waals surface area contributed by atoms with Crippen molar-refractivity contribution < 1.29 is 4.52 Å². The van der Waals surface area contributed by atoms with E-state index in [-0.39, 0.29) is 0 Å². The third-order valence-corrected chi connectivity index (χ3v) is 2.83. The second-order valence-corrected chi connectivity index (χ2v) is 4.62. The normalized spacial score (nSPS) is 10.4. The molecule has 0 spiro atoms. The molecule has 6 nitrogen and oxygen atoms in total. The van der Waals surface area contributed by atoms with Gasteiger partial charge in [0.1, 0.15) is 10.8 Å². The van der Waals surface area contributed by atoms with Gasteiger partial charge in [-0.1, -0.05) is 17.4 Å². The number of aromatic nitrogens is 3. The average Bonchev–Trinajstić information content (AvgIpc) is 2.80. The molecule has 3 N–H and O–H groups in total. The summed E-state index contributed by atoms with van der Waals surface area (Å²) < 4.78 is 4.92. The van der Waals surface area contributed by atoms with E-state index < -0.39 is 0 Å². The molecule has 0 aliphatic rings. The fraction of sp³-hybridized carbons (Fsp3) is 0.333. The smallest absolute Gasteiger partial charge is 0.228 e. The van der Waals surface area contributed by atoms with Gasteiger partial charge >= 0.3 is 0 Å². The van der Waals surface area contributed by atoms with Crippen molar-refractivity contribution in [3.8, 4) is 0 Å². The first-order valence-electron chi connectivity index (χ1n) is 5.85. The molecule has 2 aromatic rings. The lowest BCUT2D eigenvalue weighted by atomic mass is 10.1. The van der Waals surface area contributed by atoms with Crippen LogP contribution in [-0.4, -0.2) is 26.7 Å². The van der Waals surface area contributed by atoms with Gasteiger partial charge in [-0.15, -0.1) is 0 Å². The summed E-state index contributed by atoms with van der Waals surface area (Å²) in [6.07, 6.45) is 2.00. The Morgan fingerprint density at radius 1 is 1.47 bits per heavy atom. The van der Waals surface area contributed by atoms with Gasteiger partial charge in [0.15, 0.2) is 6.33 Å². The van der Waals surface area contributed by atoms with Crippen molar-refractivity contribution >= 4 is 23.0 Å². The summed E-state index contributed by atoms with van der Waals surface area (Å²) in [7, 11) is 0. The molecule has 7 heteroatoms.